The van der Waals surface area contributed by atoms with Crippen molar-refractivity contribution >= 4 is 0 Å². The van der Waals surface area contributed by atoms with Crippen molar-refractivity contribution in [2.45, 2.75) is 50.2 Å². The summed E-state index contributed by atoms with van der Waals surface area (Å²) >= 11 is 0. The van der Waals surface area contributed by atoms with Gasteiger partial charge < -0.3 is 26.6 Å². The molecule has 0 aromatic heterocycles. The summed E-state index contributed by atoms with van der Waals surface area (Å²) in [5, 5.41) is 25.8. The number of nitrogens with zero attached hydrogens (tertiary/aromatic N) is 1. The first kappa shape index (κ1) is 22.9. The van der Waals surface area contributed by atoms with E-state index >= 15 is 0 Å². The van der Waals surface area contributed by atoms with E-state index in [0.29, 0.717) is 0 Å². The minimum atomic E-state index is -0.281. The van der Waals surface area contributed by atoms with Gasteiger partial charge in [0, 0.05) is 44.8 Å². The minimum Gasteiger partial charge on any atom is -0.391 e. The third-order valence-electron chi connectivity index (χ3n) is 5.81. The average Bonchev–Trinajstić information content (AvgIpc) is 2.78. The molecular weight excluding hydrogens is 376 g/mol. The molecule has 2 aromatic rings. The van der Waals surface area contributed by atoms with Crippen LogP contribution in [0.3, 0.4) is 0 Å². The summed E-state index contributed by atoms with van der Waals surface area (Å²) in [6.45, 7) is 5.26. The monoisotopic (exact) mass is 412 g/mol. The predicted octanol–water partition coefficient (Wildman–Crippen LogP) is 1.08. The van der Waals surface area contributed by atoms with Gasteiger partial charge in [0.2, 0.25) is 0 Å². The molecule has 2 saturated heterocycles. The molecule has 2 aromatic carbocycles. The number of benzene rings is 2. The van der Waals surface area contributed by atoms with Gasteiger partial charge >= 0.3 is 0 Å². The van der Waals surface area contributed by atoms with Crippen molar-refractivity contribution in [1.29, 1.82) is 0 Å². The van der Waals surface area contributed by atoms with Crippen molar-refractivity contribution in [3.05, 3.63) is 71.8 Å². The molecule has 30 heavy (non-hydrogen) atoms. The number of nitrogens with two attached hydrogens (primary N) is 1. The van der Waals surface area contributed by atoms with Crippen LogP contribution < -0.4 is 16.4 Å². The zero-order valence-electron chi connectivity index (χ0n) is 17.7. The van der Waals surface area contributed by atoms with Gasteiger partial charge in [-0.15, -0.1) is 0 Å². The summed E-state index contributed by atoms with van der Waals surface area (Å²) < 4.78 is 0. The van der Waals surface area contributed by atoms with E-state index in [4.69, 9.17) is 10.8 Å². The summed E-state index contributed by atoms with van der Waals surface area (Å²) in [7, 11) is 0. The molecule has 6 nitrogen and oxygen atoms in total. The molecule has 0 aliphatic carbocycles. The van der Waals surface area contributed by atoms with E-state index in [1.54, 1.807) is 0 Å². The van der Waals surface area contributed by atoms with E-state index in [9.17, 15) is 5.11 Å². The Hall–Kier alpha value is -1.80. The highest BCUT2D eigenvalue weighted by molar-refractivity contribution is 5.15. The van der Waals surface area contributed by atoms with Crippen LogP contribution in [0, 0.1) is 0 Å². The quantitative estimate of drug-likeness (QED) is 0.505. The highest BCUT2D eigenvalue weighted by atomic mass is 16.3. The van der Waals surface area contributed by atoms with Crippen LogP contribution in [-0.4, -0.2) is 65.6 Å². The second-order valence-corrected chi connectivity index (χ2v) is 8.27. The summed E-state index contributed by atoms with van der Waals surface area (Å²) in [5.41, 5.74) is 8.06. The largest absolute Gasteiger partial charge is 0.391 e. The molecule has 2 heterocycles. The van der Waals surface area contributed by atoms with Crippen LogP contribution in [0.2, 0.25) is 0 Å². The smallest absolute Gasteiger partial charge is 0.0718 e. The molecule has 164 valence electrons. The first-order valence-corrected chi connectivity index (χ1v) is 11.0. The first-order chi connectivity index (χ1) is 14.6. The summed E-state index contributed by atoms with van der Waals surface area (Å²) in [4.78, 5) is 2.42. The third kappa shape index (κ3) is 7.47. The average molecular weight is 413 g/mol. The number of rotatable bonds is 5. The molecule has 4 unspecified atom stereocenters. The van der Waals surface area contributed by atoms with Crippen LogP contribution in [-0.2, 0) is 13.1 Å². The van der Waals surface area contributed by atoms with Gasteiger partial charge in [-0.25, -0.2) is 0 Å². The van der Waals surface area contributed by atoms with Gasteiger partial charge in [0.15, 0.2) is 0 Å². The van der Waals surface area contributed by atoms with Crippen molar-refractivity contribution in [3.63, 3.8) is 0 Å². The molecule has 0 radical (unpaired) electrons. The summed E-state index contributed by atoms with van der Waals surface area (Å²) in [5.74, 6) is 0. The molecule has 0 amide bonds. The standard InChI is InChI=1S/C19H24N2O.C5H12N2O/c22-19-11-12-21(14-17-9-5-2-6-10-17)15-18(19)20-13-16-7-3-1-4-8-16;6-4-3-7-2-1-5(4)8/h1-10,18-20,22H,11-15H2;4-5,7-8H,1-3,6H2. The van der Waals surface area contributed by atoms with E-state index in [0.717, 1.165) is 52.1 Å². The lowest BCUT2D eigenvalue weighted by atomic mass is 10.0. The first-order valence-electron chi connectivity index (χ1n) is 11.0. The van der Waals surface area contributed by atoms with Crippen LogP contribution >= 0.6 is 0 Å². The fraction of sp³-hybridized carbons (Fsp3) is 0.500. The zero-order valence-corrected chi connectivity index (χ0v) is 17.7. The van der Waals surface area contributed by atoms with Gasteiger partial charge in [-0.2, -0.15) is 0 Å². The fourth-order valence-corrected chi connectivity index (χ4v) is 3.91. The molecule has 2 fully saturated rings. The molecule has 6 N–H and O–H groups in total. The maximum atomic E-state index is 10.2. The Balaban J connectivity index is 0.000000269. The Kier molecular flexibility index (Phi) is 9.27. The number of likely N-dealkylation sites (tertiary alicyclic amines) is 1. The molecule has 6 heteroatoms. The van der Waals surface area contributed by atoms with Crippen LogP contribution in [0.25, 0.3) is 0 Å². The lowest BCUT2D eigenvalue weighted by Gasteiger charge is -2.36. The van der Waals surface area contributed by atoms with E-state index in [1.165, 1.54) is 11.1 Å². The van der Waals surface area contributed by atoms with Crippen LogP contribution in [0.5, 0.6) is 0 Å². The van der Waals surface area contributed by atoms with Crippen molar-refractivity contribution in [3.8, 4) is 0 Å². The Labute approximate surface area is 180 Å². The summed E-state index contributed by atoms with van der Waals surface area (Å²) in [6, 6.07) is 21.0. The molecule has 2 aliphatic rings. The van der Waals surface area contributed by atoms with Gasteiger partial charge in [0.25, 0.3) is 0 Å². The van der Waals surface area contributed by atoms with Gasteiger partial charge in [-0.05, 0) is 30.5 Å². The second-order valence-electron chi connectivity index (χ2n) is 8.27. The number of nitrogens with one attached hydrogen (secondary N) is 2. The van der Waals surface area contributed by atoms with Crippen LogP contribution in [0.1, 0.15) is 24.0 Å². The Morgan fingerprint density at radius 1 is 0.933 bits per heavy atom. The molecular formula is C24H36N4O2. The topological polar surface area (TPSA) is 93.8 Å². The van der Waals surface area contributed by atoms with E-state index in [-0.39, 0.29) is 24.3 Å². The lowest BCUT2D eigenvalue weighted by Crippen LogP contribution is -2.53. The number of hydrogen-bond donors (Lipinski definition) is 5. The van der Waals surface area contributed by atoms with Crippen LogP contribution in [0.15, 0.2) is 60.7 Å². The Bertz CT molecular complexity index is 706. The van der Waals surface area contributed by atoms with Gasteiger partial charge in [0.05, 0.1) is 12.2 Å². The predicted molar refractivity (Wildman–Crippen MR) is 121 cm³/mol. The lowest BCUT2D eigenvalue weighted by molar-refractivity contribution is 0.0438. The van der Waals surface area contributed by atoms with Crippen molar-refractivity contribution in [1.82, 2.24) is 15.5 Å². The highest BCUT2D eigenvalue weighted by Crippen LogP contribution is 2.15. The summed E-state index contributed by atoms with van der Waals surface area (Å²) in [6.07, 6.45) is 1.09. The van der Waals surface area contributed by atoms with Gasteiger partial charge in [-0.1, -0.05) is 60.7 Å². The van der Waals surface area contributed by atoms with Gasteiger partial charge in [-0.3, -0.25) is 4.90 Å². The van der Waals surface area contributed by atoms with Crippen molar-refractivity contribution in [2.24, 2.45) is 5.73 Å². The van der Waals surface area contributed by atoms with Crippen molar-refractivity contribution in [2.75, 3.05) is 26.2 Å². The van der Waals surface area contributed by atoms with E-state index in [1.807, 2.05) is 12.1 Å². The van der Waals surface area contributed by atoms with Gasteiger partial charge in [0.1, 0.15) is 0 Å². The zero-order chi connectivity index (χ0) is 21.2. The van der Waals surface area contributed by atoms with Crippen LogP contribution in [0.4, 0.5) is 0 Å². The number of piperidine rings is 2. The molecule has 0 spiro atoms. The maximum absolute atomic E-state index is 10.2. The Morgan fingerprint density at radius 3 is 2.20 bits per heavy atom. The Morgan fingerprint density at radius 2 is 1.60 bits per heavy atom. The number of aliphatic hydroxyl groups is 2. The molecule has 0 bridgehead atoms. The fourth-order valence-electron chi connectivity index (χ4n) is 3.91. The third-order valence-corrected chi connectivity index (χ3v) is 5.81. The molecule has 4 atom stereocenters. The SMILES string of the molecule is NC1CNCCC1O.OC1CCN(Cc2ccccc2)CC1NCc1ccccc1. The maximum Gasteiger partial charge on any atom is 0.0718 e. The minimum absolute atomic E-state index is 0.0521. The molecule has 2 aliphatic heterocycles. The highest BCUT2D eigenvalue weighted by Gasteiger charge is 2.27. The normalized spacial score (nSPS) is 27.2. The molecule has 4 rings (SSSR count). The van der Waals surface area contributed by atoms with Crippen molar-refractivity contribution < 1.29 is 10.2 Å². The molecule has 0 saturated carbocycles. The van der Waals surface area contributed by atoms with E-state index < -0.39 is 0 Å². The second kappa shape index (κ2) is 12.2. The number of aliphatic hydroxyl groups excluding tert-OH is 2. The van der Waals surface area contributed by atoms with E-state index in [2.05, 4.69) is 64.1 Å². The number of hydrogen-bond acceptors (Lipinski definition) is 6.